The average Bonchev–Trinajstić information content (AvgIpc) is 2.88. The Balaban J connectivity index is 1.43. The molecular weight excluding hydrogens is 448 g/mol. The van der Waals surface area contributed by atoms with Gasteiger partial charge in [0.1, 0.15) is 23.4 Å². The van der Waals surface area contributed by atoms with Crippen molar-refractivity contribution in [2.45, 2.75) is 19.1 Å². The van der Waals surface area contributed by atoms with Crippen LogP contribution >= 0.6 is 11.6 Å². The van der Waals surface area contributed by atoms with E-state index in [1.165, 1.54) is 5.56 Å². The molecule has 1 atom stereocenters. The second-order valence-corrected chi connectivity index (χ2v) is 8.94. The Morgan fingerprint density at radius 1 is 0.794 bits per heavy atom. The maximum absolute atomic E-state index is 6.46. The molecule has 1 aliphatic rings. The van der Waals surface area contributed by atoms with Crippen LogP contribution in [0.4, 0.5) is 0 Å². The summed E-state index contributed by atoms with van der Waals surface area (Å²) in [5.41, 5.74) is 2.33. The zero-order valence-corrected chi connectivity index (χ0v) is 20.7. The number of para-hydroxylation sites is 1. The summed E-state index contributed by atoms with van der Waals surface area (Å²) in [6.07, 6.45) is 0.597. The van der Waals surface area contributed by atoms with Gasteiger partial charge in [-0.05, 0) is 35.9 Å². The van der Waals surface area contributed by atoms with Crippen LogP contribution in [0.2, 0.25) is 5.02 Å². The highest BCUT2D eigenvalue weighted by molar-refractivity contribution is 6.32. The molecule has 4 rings (SSSR count). The predicted octanol–water partition coefficient (Wildman–Crippen LogP) is 5.69. The van der Waals surface area contributed by atoms with Crippen molar-refractivity contribution in [3.05, 3.63) is 88.9 Å². The largest absolute Gasteiger partial charge is 0.497 e. The van der Waals surface area contributed by atoms with Crippen LogP contribution in [0.1, 0.15) is 23.7 Å². The quantitative estimate of drug-likeness (QED) is 0.372. The van der Waals surface area contributed by atoms with E-state index in [4.69, 9.17) is 25.8 Å². The summed E-state index contributed by atoms with van der Waals surface area (Å²) in [5.74, 6) is 2.23. The number of rotatable bonds is 10. The average molecular weight is 481 g/mol. The van der Waals surface area contributed by atoms with Crippen LogP contribution < -0.4 is 14.2 Å². The fourth-order valence-corrected chi connectivity index (χ4v) is 4.56. The molecule has 0 radical (unpaired) electrons. The molecule has 0 bridgehead atoms. The van der Waals surface area contributed by atoms with E-state index in [2.05, 4.69) is 40.1 Å². The minimum Gasteiger partial charge on any atom is -0.497 e. The first kappa shape index (κ1) is 24.4. The number of nitrogens with zero attached hydrogens (tertiary/aromatic N) is 2. The number of ether oxygens (including phenoxy) is 3. The van der Waals surface area contributed by atoms with Crippen LogP contribution in [0.25, 0.3) is 0 Å². The summed E-state index contributed by atoms with van der Waals surface area (Å²) in [4.78, 5) is 5.03. The highest BCUT2D eigenvalue weighted by Gasteiger charge is 2.23. The van der Waals surface area contributed by atoms with E-state index in [0.29, 0.717) is 10.8 Å². The molecule has 1 fully saturated rings. The summed E-state index contributed by atoms with van der Waals surface area (Å²) >= 11 is 6.42. The van der Waals surface area contributed by atoms with Crippen molar-refractivity contribution in [1.82, 2.24) is 9.80 Å². The van der Waals surface area contributed by atoms with Crippen molar-refractivity contribution in [1.29, 1.82) is 0 Å². The third kappa shape index (κ3) is 6.44. The minimum absolute atomic E-state index is 0.215. The van der Waals surface area contributed by atoms with Gasteiger partial charge in [0.05, 0.1) is 19.2 Å². The van der Waals surface area contributed by atoms with Crippen LogP contribution in [0, 0.1) is 0 Å². The van der Waals surface area contributed by atoms with E-state index in [1.54, 1.807) is 14.2 Å². The Bertz CT molecular complexity index is 1040. The predicted molar refractivity (Wildman–Crippen MR) is 137 cm³/mol. The number of methoxy groups -OCH3 is 2. The Kier molecular flexibility index (Phi) is 8.69. The molecule has 0 saturated carbocycles. The van der Waals surface area contributed by atoms with E-state index in [9.17, 15) is 0 Å². The van der Waals surface area contributed by atoms with Crippen molar-refractivity contribution in [2.75, 3.05) is 46.9 Å². The van der Waals surface area contributed by atoms with Gasteiger partial charge in [-0.1, -0.05) is 54.1 Å². The Morgan fingerprint density at radius 3 is 2.21 bits per heavy atom. The van der Waals surface area contributed by atoms with E-state index in [1.807, 2.05) is 42.5 Å². The molecule has 3 aromatic carbocycles. The minimum atomic E-state index is -0.215. The third-order valence-electron chi connectivity index (χ3n) is 6.31. The summed E-state index contributed by atoms with van der Waals surface area (Å²) in [5, 5.41) is 0.601. The fraction of sp³-hybridized carbons (Fsp3) is 0.357. The summed E-state index contributed by atoms with van der Waals surface area (Å²) in [7, 11) is 3.36. The maximum atomic E-state index is 6.46. The molecule has 0 aromatic heterocycles. The highest BCUT2D eigenvalue weighted by Crippen LogP contribution is 2.36. The molecule has 1 heterocycles. The lowest BCUT2D eigenvalue weighted by Gasteiger charge is -2.35. The lowest BCUT2D eigenvalue weighted by Crippen LogP contribution is -2.46. The van der Waals surface area contributed by atoms with Crippen molar-refractivity contribution >= 4 is 11.6 Å². The zero-order valence-electron chi connectivity index (χ0n) is 20.0. The Labute approximate surface area is 207 Å². The molecule has 1 unspecified atom stereocenters. The Hall–Kier alpha value is -2.73. The van der Waals surface area contributed by atoms with Gasteiger partial charge in [-0.2, -0.15) is 0 Å². The first-order valence-corrected chi connectivity index (χ1v) is 12.2. The van der Waals surface area contributed by atoms with Crippen molar-refractivity contribution in [2.24, 2.45) is 0 Å². The van der Waals surface area contributed by atoms with Crippen molar-refractivity contribution < 1.29 is 14.2 Å². The van der Waals surface area contributed by atoms with E-state index < -0.39 is 0 Å². The van der Waals surface area contributed by atoms with Crippen LogP contribution in [0.3, 0.4) is 0 Å². The first-order chi connectivity index (χ1) is 16.7. The second-order valence-electron chi connectivity index (χ2n) is 8.54. The molecule has 34 heavy (non-hydrogen) atoms. The molecule has 0 aliphatic carbocycles. The zero-order chi connectivity index (χ0) is 23.8. The summed E-state index contributed by atoms with van der Waals surface area (Å²) < 4.78 is 17.6. The first-order valence-electron chi connectivity index (χ1n) is 11.8. The molecule has 5 nitrogen and oxygen atoms in total. The third-order valence-corrected chi connectivity index (χ3v) is 6.62. The van der Waals surface area contributed by atoms with E-state index >= 15 is 0 Å². The lowest BCUT2D eigenvalue weighted by molar-refractivity contribution is 0.106. The summed E-state index contributed by atoms with van der Waals surface area (Å²) in [6, 6.07) is 24.1. The number of piperazine rings is 1. The van der Waals surface area contributed by atoms with Crippen LogP contribution in [0.15, 0.2) is 72.8 Å². The topological polar surface area (TPSA) is 34.2 Å². The molecule has 1 aliphatic heterocycles. The molecule has 0 amide bonds. The fourth-order valence-electron chi connectivity index (χ4n) is 4.37. The number of benzene rings is 3. The van der Waals surface area contributed by atoms with Gasteiger partial charge in [0.15, 0.2) is 0 Å². The van der Waals surface area contributed by atoms with Crippen LogP contribution in [-0.4, -0.2) is 56.7 Å². The lowest BCUT2D eigenvalue weighted by atomic mass is 10.0. The van der Waals surface area contributed by atoms with Gasteiger partial charge in [-0.15, -0.1) is 0 Å². The molecule has 180 valence electrons. The Morgan fingerprint density at radius 2 is 1.50 bits per heavy atom. The van der Waals surface area contributed by atoms with Gasteiger partial charge >= 0.3 is 0 Å². The van der Waals surface area contributed by atoms with Crippen molar-refractivity contribution in [3.63, 3.8) is 0 Å². The highest BCUT2D eigenvalue weighted by atomic mass is 35.5. The number of hydrogen-bond donors (Lipinski definition) is 0. The molecule has 0 N–H and O–H groups in total. The molecular formula is C28H33ClN2O3. The smallest absolute Gasteiger partial charge is 0.138 e. The van der Waals surface area contributed by atoms with Gasteiger partial charge in [0, 0.05) is 51.3 Å². The molecule has 3 aromatic rings. The second kappa shape index (κ2) is 12.1. The van der Waals surface area contributed by atoms with Gasteiger partial charge < -0.3 is 19.1 Å². The van der Waals surface area contributed by atoms with Gasteiger partial charge in [0.2, 0.25) is 0 Å². The number of hydrogen-bond acceptors (Lipinski definition) is 5. The van der Waals surface area contributed by atoms with E-state index in [0.717, 1.165) is 62.8 Å². The molecule has 0 spiro atoms. The van der Waals surface area contributed by atoms with Crippen molar-refractivity contribution in [3.8, 4) is 17.2 Å². The SMILES string of the molecule is COc1ccc(OC)c(C(CCN2CCN(Cc3ccccc3)CC2)Oc2ccccc2Cl)c1. The van der Waals surface area contributed by atoms with Crippen LogP contribution in [0.5, 0.6) is 17.2 Å². The van der Waals surface area contributed by atoms with Gasteiger partial charge in [-0.3, -0.25) is 4.90 Å². The molecule has 6 heteroatoms. The number of halogens is 1. The van der Waals surface area contributed by atoms with E-state index in [-0.39, 0.29) is 6.10 Å². The monoisotopic (exact) mass is 480 g/mol. The van der Waals surface area contributed by atoms with Gasteiger partial charge in [0.25, 0.3) is 0 Å². The normalized spacial score (nSPS) is 15.6. The summed E-state index contributed by atoms with van der Waals surface area (Å²) in [6.45, 7) is 6.14. The van der Waals surface area contributed by atoms with Gasteiger partial charge in [-0.25, -0.2) is 0 Å². The molecule has 1 saturated heterocycles. The maximum Gasteiger partial charge on any atom is 0.138 e. The van der Waals surface area contributed by atoms with Crippen LogP contribution in [-0.2, 0) is 6.54 Å². The standard InChI is InChI=1S/C28H33ClN2O3/c1-32-23-12-13-26(33-2)24(20-23)27(34-28-11-7-6-10-25(28)29)14-15-30-16-18-31(19-17-30)21-22-8-4-3-5-9-22/h3-13,20,27H,14-19,21H2,1-2H3.